The number of nitrogens with one attached hydrogen (secondary N) is 1. The molecule has 370 valence electrons. The summed E-state index contributed by atoms with van der Waals surface area (Å²) < 4.78 is 131. The molecule has 9 rings (SSSR count). The molecule has 1 N–H and O–H groups in total. The molecule has 0 radical (unpaired) electrons. The second-order valence-electron chi connectivity index (χ2n) is 17.1. The number of ether oxygens (including phenoxy) is 5. The summed E-state index contributed by atoms with van der Waals surface area (Å²) in [4.78, 5) is 25.3. The van der Waals surface area contributed by atoms with Crippen molar-refractivity contribution in [2.24, 2.45) is 5.92 Å². The molecule has 3 fully saturated rings. The van der Waals surface area contributed by atoms with Crippen LogP contribution in [0.15, 0.2) is 122 Å². The maximum Gasteiger partial charge on any atom is 0.402 e. The van der Waals surface area contributed by atoms with E-state index in [4.69, 9.17) is 32.7 Å². The maximum atomic E-state index is 13.7. The van der Waals surface area contributed by atoms with Gasteiger partial charge in [0.1, 0.15) is 48.9 Å². The number of anilines is 1. The van der Waals surface area contributed by atoms with Gasteiger partial charge in [0.15, 0.2) is 29.1 Å². The SMILES string of the molecule is COc1ccc(C(OC[C@H]2O[C@@H](n3cnc4c(NC(C)=O)ncnc43)C(OCOCC(C(F)(F)F)C(F)(F)F)[C@H]2O[P@]2O[C@H](c3ccccc3)[C@@H]3CCCN32)(c2ccccc2)c2ccc(C)cc2)cc1. The fourth-order valence-electron chi connectivity index (χ4n) is 9.21. The minimum absolute atomic E-state index is 0.0606. The molecule has 0 aliphatic carbocycles. The second-order valence-corrected chi connectivity index (χ2v) is 18.5. The van der Waals surface area contributed by atoms with Crippen molar-refractivity contribution in [1.82, 2.24) is 24.2 Å². The quantitative estimate of drug-likeness (QED) is 0.0306. The van der Waals surface area contributed by atoms with E-state index >= 15 is 0 Å². The third-order valence-electron chi connectivity index (χ3n) is 12.6. The van der Waals surface area contributed by atoms with Crippen LogP contribution < -0.4 is 10.1 Å². The lowest BCUT2D eigenvalue weighted by molar-refractivity contribution is -0.299. The largest absolute Gasteiger partial charge is 0.497 e. The van der Waals surface area contributed by atoms with Crippen LogP contribution in [0.2, 0.25) is 0 Å². The van der Waals surface area contributed by atoms with Gasteiger partial charge in [0.25, 0.3) is 8.53 Å². The topological polar surface area (TPSA) is 141 Å². The van der Waals surface area contributed by atoms with Crippen molar-refractivity contribution >= 4 is 31.4 Å². The first-order valence-corrected chi connectivity index (χ1v) is 23.6. The van der Waals surface area contributed by atoms with Crippen LogP contribution in [0.25, 0.3) is 11.2 Å². The first-order chi connectivity index (χ1) is 33.7. The summed E-state index contributed by atoms with van der Waals surface area (Å²) in [5, 5.41) is 2.62. The highest BCUT2D eigenvalue weighted by atomic mass is 31.2. The average molecular weight is 995 g/mol. The number of rotatable bonds is 17. The lowest BCUT2D eigenvalue weighted by Gasteiger charge is -2.37. The number of halogens is 6. The van der Waals surface area contributed by atoms with Crippen LogP contribution in [0, 0.1) is 12.8 Å². The number of hydrogen-bond acceptors (Lipinski definition) is 12. The molecule has 3 saturated heterocycles. The molecule has 2 aromatic heterocycles. The van der Waals surface area contributed by atoms with Crippen molar-refractivity contribution in [3.63, 3.8) is 0 Å². The van der Waals surface area contributed by atoms with Crippen molar-refractivity contribution < 1.29 is 63.9 Å². The molecule has 0 spiro atoms. The number of carbonyl (C=O) groups is 1. The fraction of sp³-hybridized carbons (Fsp3) is 0.388. The van der Waals surface area contributed by atoms with Crippen molar-refractivity contribution in [2.75, 3.05) is 39.0 Å². The average Bonchev–Trinajstić information content (AvgIpc) is 4.14. The van der Waals surface area contributed by atoms with Gasteiger partial charge in [0.2, 0.25) is 5.91 Å². The lowest BCUT2D eigenvalue weighted by atomic mass is 9.79. The summed E-state index contributed by atoms with van der Waals surface area (Å²) in [7, 11) is -0.345. The van der Waals surface area contributed by atoms with E-state index in [0.29, 0.717) is 12.3 Å². The van der Waals surface area contributed by atoms with Crippen LogP contribution in [-0.2, 0) is 38.4 Å². The molecule has 6 aromatic rings. The summed E-state index contributed by atoms with van der Waals surface area (Å²) in [6.45, 7) is 0.833. The highest BCUT2D eigenvalue weighted by Gasteiger charge is 2.58. The zero-order chi connectivity index (χ0) is 49.2. The van der Waals surface area contributed by atoms with Crippen LogP contribution in [0.5, 0.6) is 5.75 Å². The number of carbonyl (C=O) groups excluding carboxylic acids is 1. The van der Waals surface area contributed by atoms with Crippen LogP contribution in [-0.4, -0.2) is 100 Å². The fourth-order valence-corrected chi connectivity index (χ4v) is 11.2. The number of alkyl halides is 6. The van der Waals surface area contributed by atoms with E-state index in [1.54, 1.807) is 7.11 Å². The van der Waals surface area contributed by atoms with Gasteiger partial charge in [-0.2, -0.15) is 26.3 Å². The molecular formula is C49H49F6N6O8P. The minimum atomic E-state index is -5.65. The number of hydrogen-bond donors (Lipinski definition) is 1. The standard InChI is InChI=1S/C49H49F6N6O8P/c1-30-16-18-34(19-17-30)47(33-13-8-5-9-14-33,35-20-22-36(63-3)23-21-35)66-25-38-42(69-70-61-24-10-15-37(61)41(68-70)32-11-6-4-7-12-32)43(65-29-64-26-39(48(50,51)52)49(53,54)55)46(67-38)60-28-58-40-44(59-31(2)62)56-27-57-45(40)60/h4-9,11-14,16-23,27-28,37-39,41-43,46H,10,15,24-26,29H2,1-3H3,(H,56,57,59,62)/t37-,38+,41+,42-,43?,46+,47?,70-/m0/s1. The molecule has 0 saturated carbocycles. The van der Waals surface area contributed by atoms with Crippen molar-refractivity contribution in [3.05, 3.63) is 150 Å². The highest BCUT2D eigenvalue weighted by Crippen LogP contribution is 2.62. The minimum Gasteiger partial charge on any atom is -0.497 e. The van der Waals surface area contributed by atoms with Gasteiger partial charge in [-0.05, 0) is 54.2 Å². The Labute approximate surface area is 400 Å². The number of aryl methyl sites for hydroxylation is 1. The summed E-state index contributed by atoms with van der Waals surface area (Å²) in [5.74, 6) is -3.54. The first-order valence-electron chi connectivity index (χ1n) is 22.5. The Hall–Kier alpha value is -5.57. The van der Waals surface area contributed by atoms with E-state index in [2.05, 4.69) is 24.9 Å². The van der Waals surface area contributed by atoms with Crippen molar-refractivity contribution in [1.29, 1.82) is 0 Å². The molecule has 1 amide bonds. The number of nitrogens with zero attached hydrogens (tertiary/aromatic N) is 5. The highest BCUT2D eigenvalue weighted by molar-refractivity contribution is 7.45. The van der Waals surface area contributed by atoms with E-state index in [9.17, 15) is 31.1 Å². The number of benzene rings is 4. The molecule has 8 atom stereocenters. The number of aromatic nitrogens is 4. The van der Waals surface area contributed by atoms with Gasteiger partial charge in [0.05, 0.1) is 26.7 Å². The molecule has 4 aromatic carbocycles. The predicted octanol–water partition coefficient (Wildman–Crippen LogP) is 9.96. The summed E-state index contributed by atoms with van der Waals surface area (Å²) >= 11 is 0. The molecule has 3 aliphatic rings. The van der Waals surface area contributed by atoms with E-state index in [1.807, 2.05) is 116 Å². The Balaban J connectivity index is 1.14. The van der Waals surface area contributed by atoms with Gasteiger partial charge >= 0.3 is 12.4 Å². The summed E-state index contributed by atoms with van der Waals surface area (Å²) in [6, 6.07) is 34.5. The predicted molar refractivity (Wildman–Crippen MR) is 243 cm³/mol. The Morgan fingerprint density at radius 1 is 0.857 bits per heavy atom. The van der Waals surface area contributed by atoms with Gasteiger partial charge in [-0.3, -0.25) is 9.36 Å². The molecule has 3 aliphatic heterocycles. The van der Waals surface area contributed by atoms with Gasteiger partial charge in [0, 0.05) is 19.5 Å². The van der Waals surface area contributed by atoms with Gasteiger partial charge in [-0.15, -0.1) is 0 Å². The van der Waals surface area contributed by atoms with E-state index < -0.39 is 76.2 Å². The number of fused-ring (bicyclic) bond motifs is 2. The Bertz CT molecular complexity index is 2690. The summed E-state index contributed by atoms with van der Waals surface area (Å²) in [5.41, 5.74) is 3.13. The Morgan fingerprint density at radius 2 is 1.51 bits per heavy atom. The Morgan fingerprint density at radius 3 is 2.17 bits per heavy atom. The lowest BCUT2D eigenvalue weighted by Crippen LogP contribution is -2.42. The zero-order valence-corrected chi connectivity index (χ0v) is 38.9. The van der Waals surface area contributed by atoms with Crippen molar-refractivity contribution in [2.45, 2.75) is 81.3 Å². The third-order valence-corrected chi connectivity index (χ3v) is 14.4. The molecule has 5 heterocycles. The van der Waals surface area contributed by atoms with Gasteiger partial charge < -0.3 is 38.0 Å². The molecule has 14 nitrogen and oxygen atoms in total. The molecule has 0 bridgehead atoms. The van der Waals surface area contributed by atoms with Crippen LogP contribution in [0.3, 0.4) is 0 Å². The van der Waals surface area contributed by atoms with Gasteiger partial charge in [-0.1, -0.05) is 103 Å². The normalized spacial score (nSPS) is 23.7. The molecule has 2 unspecified atom stereocenters. The van der Waals surface area contributed by atoms with Crippen LogP contribution >= 0.6 is 8.53 Å². The zero-order valence-electron chi connectivity index (χ0n) is 38.0. The molecule has 21 heteroatoms. The van der Waals surface area contributed by atoms with Crippen molar-refractivity contribution in [3.8, 4) is 5.75 Å². The number of amides is 1. The van der Waals surface area contributed by atoms with Crippen LogP contribution in [0.1, 0.15) is 59.9 Å². The smallest absolute Gasteiger partial charge is 0.402 e. The van der Waals surface area contributed by atoms with Gasteiger partial charge in [-0.25, -0.2) is 19.6 Å². The van der Waals surface area contributed by atoms with E-state index in [-0.39, 0.29) is 35.7 Å². The van der Waals surface area contributed by atoms with Crippen LogP contribution in [0.4, 0.5) is 32.2 Å². The number of methoxy groups -OCH3 is 1. The number of imidazole rings is 1. The maximum absolute atomic E-state index is 13.7. The summed E-state index contributed by atoms with van der Waals surface area (Å²) in [6.07, 6.45) is -12.4. The monoisotopic (exact) mass is 994 g/mol. The molecule has 70 heavy (non-hydrogen) atoms. The van der Waals surface area contributed by atoms with E-state index in [0.717, 1.165) is 40.7 Å². The molecular weight excluding hydrogens is 946 g/mol. The van der Waals surface area contributed by atoms with E-state index in [1.165, 1.54) is 24.1 Å². The first kappa shape index (κ1) is 49.4. The second kappa shape index (κ2) is 20.6. The Kier molecular flexibility index (Phi) is 14.6. The third kappa shape index (κ3) is 10.1.